The molecule has 1 amide bonds. The van der Waals surface area contributed by atoms with E-state index in [0.717, 1.165) is 30.1 Å². The minimum atomic E-state index is -0.350. The smallest absolute Gasteiger partial charge is 0.273 e. The normalized spacial score (nSPS) is 13.9. The minimum absolute atomic E-state index is 0.235. The van der Waals surface area contributed by atoms with Gasteiger partial charge in [-0.1, -0.05) is 6.07 Å². The molecule has 0 aromatic carbocycles. The van der Waals surface area contributed by atoms with Crippen LogP contribution in [-0.4, -0.2) is 22.4 Å². The molecule has 3 heterocycles. The van der Waals surface area contributed by atoms with E-state index in [1.165, 1.54) is 17.4 Å². The van der Waals surface area contributed by atoms with Gasteiger partial charge in [0.2, 0.25) is 5.56 Å². The average molecular weight is 276 g/mol. The topological polar surface area (TPSA) is 86.9 Å². The van der Waals surface area contributed by atoms with Crippen LogP contribution in [0.2, 0.25) is 0 Å². The summed E-state index contributed by atoms with van der Waals surface area (Å²) in [6.07, 6.45) is 0.879. The number of rotatable bonds is 2. The van der Waals surface area contributed by atoms with E-state index in [4.69, 9.17) is 0 Å². The summed E-state index contributed by atoms with van der Waals surface area (Å²) in [4.78, 5) is 31.1. The van der Waals surface area contributed by atoms with Crippen molar-refractivity contribution in [3.8, 4) is 0 Å². The molecule has 0 spiro atoms. The Morgan fingerprint density at radius 3 is 3.11 bits per heavy atom. The molecule has 19 heavy (non-hydrogen) atoms. The molecule has 2 aromatic rings. The number of amides is 1. The highest BCUT2D eigenvalue weighted by Crippen LogP contribution is 2.25. The lowest BCUT2D eigenvalue weighted by atomic mass is 10.2. The van der Waals surface area contributed by atoms with E-state index >= 15 is 0 Å². The summed E-state index contributed by atoms with van der Waals surface area (Å²) in [7, 11) is 0. The Hall–Kier alpha value is -1.99. The maximum atomic E-state index is 11.9. The van der Waals surface area contributed by atoms with Crippen LogP contribution in [0.15, 0.2) is 23.0 Å². The van der Waals surface area contributed by atoms with E-state index in [9.17, 15) is 9.59 Å². The van der Waals surface area contributed by atoms with Gasteiger partial charge in [-0.05, 0) is 6.07 Å². The fourth-order valence-electron chi connectivity index (χ4n) is 1.92. The fraction of sp³-hybridized carbons (Fsp3) is 0.250. The summed E-state index contributed by atoms with van der Waals surface area (Å²) < 4.78 is 0. The van der Waals surface area contributed by atoms with Crippen LogP contribution in [0.1, 0.15) is 21.1 Å². The first kappa shape index (κ1) is 12.1. The number of fused-ring (bicyclic) bond motifs is 1. The third-order valence-corrected chi connectivity index (χ3v) is 3.85. The molecular weight excluding hydrogens is 264 g/mol. The van der Waals surface area contributed by atoms with Gasteiger partial charge in [0.25, 0.3) is 5.91 Å². The zero-order valence-corrected chi connectivity index (χ0v) is 10.8. The van der Waals surface area contributed by atoms with Gasteiger partial charge in [-0.3, -0.25) is 14.9 Å². The first-order chi connectivity index (χ1) is 9.22. The van der Waals surface area contributed by atoms with Crippen LogP contribution in [0.3, 0.4) is 0 Å². The Labute approximate surface area is 112 Å². The highest BCUT2D eigenvalue weighted by Gasteiger charge is 2.16. The summed E-state index contributed by atoms with van der Waals surface area (Å²) in [5.41, 5.74) is 0.981. The highest BCUT2D eigenvalue weighted by molar-refractivity contribution is 7.15. The first-order valence-electron chi connectivity index (χ1n) is 5.92. The van der Waals surface area contributed by atoms with Crippen molar-refractivity contribution in [2.75, 3.05) is 11.9 Å². The second-order valence-corrected chi connectivity index (χ2v) is 5.28. The van der Waals surface area contributed by atoms with Crippen LogP contribution in [0, 0.1) is 0 Å². The van der Waals surface area contributed by atoms with E-state index in [1.54, 1.807) is 12.1 Å². The van der Waals surface area contributed by atoms with Gasteiger partial charge in [-0.15, -0.1) is 11.3 Å². The number of nitrogens with zero attached hydrogens (tertiary/aromatic N) is 1. The molecule has 7 heteroatoms. The molecule has 98 valence electrons. The Kier molecular flexibility index (Phi) is 3.14. The number of aromatic nitrogens is 2. The molecule has 1 aliphatic rings. The van der Waals surface area contributed by atoms with E-state index in [1.807, 2.05) is 0 Å². The number of carbonyl (C=O) groups excluding carboxylic acids is 1. The van der Waals surface area contributed by atoms with Crippen molar-refractivity contribution in [2.24, 2.45) is 0 Å². The van der Waals surface area contributed by atoms with Crippen molar-refractivity contribution < 1.29 is 4.79 Å². The Morgan fingerprint density at radius 2 is 2.32 bits per heavy atom. The number of nitrogens with one attached hydrogen (secondary N) is 3. The van der Waals surface area contributed by atoms with Crippen LogP contribution in [0.5, 0.6) is 0 Å². The van der Waals surface area contributed by atoms with Crippen LogP contribution in [-0.2, 0) is 13.0 Å². The molecule has 3 N–H and O–H groups in total. The second kappa shape index (κ2) is 4.94. The third-order valence-electron chi connectivity index (χ3n) is 2.84. The number of anilines is 1. The van der Waals surface area contributed by atoms with Crippen molar-refractivity contribution in [3.05, 3.63) is 44.8 Å². The lowest BCUT2D eigenvalue weighted by Gasteiger charge is -2.09. The van der Waals surface area contributed by atoms with Crippen molar-refractivity contribution >= 4 is 22.4 Å². The molecule has 0 atom stereocenters. The van der Waals surface area contributed by atoms with Gasteiger partial charge >= 0.3 is 0 Å². The van der Waals surface area contributed by atoms with Gasteiger partial charge in [-0.25, -0.2) is 4.98 Å². The highest BCUT2D eigenvalue weighted by atomic mass is 32.1. The van der Waals surface area contributed by atoms with Gasteiger partial charge in [0.1, 0.15) is 5.69 Å². The zero-order valence-electron chi connectivity index (χ0n) is 10.0. The molecule has 2 aromatic heterocycles. The predicted molar refractivity (Wildman–Crippen MR) is 72.5 cm³/mol. The van der Waals surface area contributed by atoms with Crippen LogP contribution >= 0.6 is 11.3 Å². The van der Waals surface area contributed by atoms with Gasteiger partial charge in [0.15, 0.2) is 5.13 Å². The molecular formula is C12H12N4O2S. The van der Waals surface area contributed by atoms with Gasteiger partial charge in [0, 0.05) is 30.5 Å². The molecule has 0 bridgehead atoms. The van der Waals surface area contributed by atoms with Crippen molar-refractivity contribution in [3.63, 3.8) is 0 Å². The molecule has 0 radical (unpaired) electrons. The number of thiazole rings is 1. The fourth-order valence-corrected chi connectivity index (χ4v) is 2.90. The number of hydrogen-bond acceptors (Lipinski definition) is 5. The molecule has 0 fully saturated rings. The minimum Gasteiger partial charge on any atom is -0.318 e. The average Bonchev–Trinajstić information content (AvgIpc) is 2.80. The second-order valence-electron chi connectivity index (χ2n) is 4.20. The molecule has 6 nitrogen and oxygen atoms in total. The molecule has 0 saturated heterocycles. The zero-order chi connectivity index (χ0) is 13.2. The Morgan fingerprint density at radius 1 is 1.42 bits per heavy atom. The number of H-pyrrole nitrogens is 1. The maximum Gasteiger partial charge on any atom is 0.273 e. The van der Waals surface area contributed by atoms with Gasteiger partial charge in [-0.2, -0.15) is 0 Å². The van der Waals surface area contributed by atoms with E-state index in [2.05, 4.69) is 20.6 Å². The van der Waals surface area contributed by atoms with E-state index < -0.39 is 0 Å². The summed E-state index contributed by atoms with van der Waals surface area (Å²) in [6, 6.07) is 4.47. The standard InChI is InChI=1S/C12H12N4O2S/c17-10-3-1-2-8(14-10)11(18)16-12-15-7-4-5-13-6-9(7)19-12/h1-3,13H,4-6H2,(H,14,17)(H,15,16,18). The molecule has 3 rings (SSSR count). The quantitative estimate of drug-likeness (QED) is 0.754. The lowest BCUT2D eigenvalue weighted by Crippen LogP contribution is -2.22. The Balaban J connectivity index is 1.79. The van der Waals surface area contributed by atoms with Crippen LogP contribution < -0.4 is 16.2 Å². The molecule has 1 aliphatic heterocycles. The summed E-state index contributed by atoms with van der Waals surface area (Å²) in [5.74, 6) is -0.350. The molecule has 0 unspecified atom stereocenters. The van der Waals surface area contributed by atoms with Crippen molar-refractivity contribution in [1.29, 1.82) is 0 Å². The van der Waals surface area contributed by atoms with Crippen molar-refractivity contribution in [2.45, 2.75) is 13.0 Å². The van der Waals surface area contributed by atoms with E-state index in [0.29, 0.717) is 5.13 Å². The number of carbonyl (C=O) groups is 1. The number of pyridine rings is 1. The Bertz CT molecular complexity index is 653. The number of hydrogen-bond donors (Lipinski definition) is 3. The van der Waals surface area contributed by atoms with E-state index in [-0.39, 0.29) is 17.2 Å². The first-order valence-corrected chi connectivity index (χ1v) is 6.74. The van der Waals surface area contributed by atoms with Gasteiger partial charge in [0.05, 0.1) is 5.69 Å². The van der Waals surface area contributed by atoms with Crippen molar-refractivity contribution in [1.82, 2.24) is 15.3 Å². The SMILES string of the molecule is O=C(Nc1nc2c(s1)CNCC2)c1cccc(=O)[nH]1. The van der Waals surface area contributed by atoms with Gasteiger partial charge < -0.3 is 10.3 Å². The molecule has 0 aliphatic carbocycles. The predicted octanol–water partition coefficient (Wildman–Crippen LogP) is 0.729. The monoisotopic (exact) mass is 276 g/mol. The van der Waals surface area contributed by atoms with Crippen LogP contribution in [0.4, 0.5) is 5.13 Å². The largest absolute Gasteiger partial charge is 0.318 e. The third kappa shape index (κ3) is 2.56. The van der Waals surface area contributed by atoms with Crippen LogP contribution in [0.25, 0.3) is 0 Å². The summed E-state index contributed by atoms with van der Waals surface area (Å²) in [6.45, 7) is 1.71. The maximum absolute atomic E-state index is 11.9. The summed E-state index contributed by atoms with van der Waals surface area (Å²) in [5, 5.41) is 6.54. The number of aromatic amines is 1. The summed E-state index contributed by atoms with van der Waals surface area (Å²) >= 11 is 1.46. The molecule has 0 saturated carbocycles. The lowest BCUT2D eigenvalue weighted by molar-refractivity contribution is 0.102.